The zero-order valence-electron chi connectivity index (χ0n) is 15.2. The zero-order valence-corrected chi connectivity index (χ0v) is 17.5. The van der Waals surface area contributed by atoms with E-state index in [1.165, 1.54) is 0 Å². The van der Waals surface area contributed by atoms with Gasteiger partial charge in [0.25, 0.3) is 5.91 Å². The summed E-state index contributed by atoms with van der Waals surface area (Å²) in [6, 6.07) is 7.81. The maximum Gasteiger partial charge on any atom is 0.253 e. The van der Waals surface area contributed by atoms with Crippen molar-refractivity contribution in [2.75, 3.05) is 25.5 Å². The molecule has 6 nitrogen and oxygen atoms in total. The van der Waals surface area contributed by atoms with Crippen LogP contribution in [0.25, 0.3) is 0 Å². The second-order valence-electron chi connectivity index (χ2n) is 6.39. The molecule has 1 fully saturated rings. The molecule has 1 aromatic carbocycles. The lowest BCUT2D eigenvalue weighted by atomic mass is 10.2. The minimum atomic E-state index is -0.314. The highest BCUT2D eigenvalue weighted by Gasteiger charge is 2.23. The van der Waals surface area contributed by atoms with Crippen LogP contribution in [0.3, 0.4) is 0 Å². The van der Waals surface area contributed by atoms with Crippen molar-refractivity contribution in [3.05, 3.63) is 29.8 Å². The summed E-state index contributed by atoms with van der Waals surface area (Å²) < 4.78 is 5.41. The molecule has 1 heterocycles. The summed E-state index contributed by atoms with van der Waals surface area (Å²) in [6.07, 6.45) is 1.43. The van der Waals surface area contributed by atoms with Gasteiger partial charge in [0, 0.05) is 32.4 Å². The summed E-state index contributed by atoms with van der Waals surface area (Å²) in [7, 11) is 1.76. The number of nitrogens with zero attached hydrogens (tertiary/aromatic N) is 1. The predicted octanol–water partition coefficient (Wildman–Crippen LogP) is 2.74. The Kier molecular flexibility index (Phi) is 9.81. The Morgan fingerprint density at radius 1 is 1.36 bits per heavy atom. The van der Waals surface area contributed by atoms with Crippen molar-refractivity contribution in [2.45, 2.75) is 39.3 Å². The van der Waals surface area contributed by atoms with Gasteiger partial charge in [-0.1, -0.05) is 26.0 Å². The van der Waals surface area contributed by atoms with Crippen molar-refractivity contribution in [1.82, 2.24) is 10.6 Å². The second-order valence-corrected chi connectivity index (χ2v) is 6.39. The first-order valence-corrected chi connectivity index (χ1v) is 8.54. The van der Waals surface area contributed by atoms with E-state index >= 15 is 0 Å². The van der Waals surface area contributed by atoms with Crippen molar-refractivity contribution in [2.24, 2.45) is 10.9 Å². The number of hydrogen-bond acceptors (Lipinski definition) is 3. The fourth-order valence-electron chi connectivity index (χ4n) is 2.47. The van der Waals surface area contributed by atoms with Crippen LogP contribution in [0.2, 0.25) is 0 Å². The van der Waals surface area contributed by atoms with E-state index in [-0.39, 0.29) is 36.0 Å². The van der Waals surface area contributed by atoms with Crippen LogP contribution in [0.4, 0.5) is 5.69 Å². The van der Waals surface area contributed by atoms with Crippen LogP contribution in [-0.4, -0.2) is 38.2 Å². The minimum absolute atomic E-state index is 0. The number of nitrogens with one attached hydrogen (secondary N) is 3. The molecular formula is C18H29IN4O2. The fourth-order valence-corrected chi connectivity index (χ4v) is 2.47. The van der Waals surface area contributed by atoms with Crippen molar-refractivity contribution in [1.29, 1.82) is 0 Å². The Balaban J connectivity index is 0.00000312. The molecule has 0 aliphatic carbocycles. The molecule has 7 heteroatoms. The first kappa shape index (κ1) is 21.7. The summed E-state index contributed by atoms with van der Waals surface area (Å²) in [5.74, 6) is 1.27. The van der Waals surface area contributed by atoms with E-state index in [4.69, 9.17) is 4.74 Å². The van der Waals surface area contributed by atoms with Gasteiger partial charge in [0.1, 0.15) is 6.10 Å². The molecule has 1 aromatic rings. The Bertz CT molecular complexity index is 572. The highest BCUT2D eigenvalue weighted by molar-refractivity contribution is 14.0. The molecule has 1 aliphatic rings. The smallest absolute Gasteiger partial charge is 0.253 e. The number of benzene rings is 1. The zero-order chi connectivity index (χ0) is 17.4. The van der Waals surface area contributed by atoms with Gasteiger partial charge in [-0.3, -0.25) is 9.79 Å². The molecular weight excluding hydrogens is 431 g/mol. The van der Waals surface area contributed by atoms with Crippen LogP contribution >= 0.6 is 24.0 Å². The fraction of sp³-hybridized carbons (Fsp3) is 0.556. The molecule has 0 bridgehead atoms. The molecule has 0 spiro atoms. The third-order valence-corrected chi connectivity index (χ3v) is 3.78. The Labute approximate surface area is 167 Å². The summed E-state index contributed by atoms with van der Waals surface area (Å²) in [5.41, 5.74) is 1.87. The Morgan fingerprint density at radius 3 is 2.80 bits per heavy atom. The van der Waals surface area contributed by atoms with E-state index < -0.39 is 0 Å². The molecule has 1 unspecified atom stereocenters. The molecule has 140 valence electrons. The molecule has 1 amide bonds. The quantitative estimate of drug-likeness (QED) is 0.347. The van der Waals surface area contributed by atoms with Gasteiger partial charge >= 0.3 is 0 Å². The number of halogens is 1. The van der Waals surface area contributed by atoms with Crippen LogP contribution < -0.4 is 16.0 Å². The summed E-state index contributed by atoms with van der Waals surface area (Å²) in [4.78, 5) is 16.3. The first-order chi connectivity index (χ1) is 11.6. The van der Waals surface area contributed by atoms with E-state index in [9.17, 15) is 4.79 Å². The molecule has 0 aromatic heterocycles. The van der Waals surface area contributed by atoms with E-state index in [2.05, 4.69) is 34.8 Å². The molecule has 25 heavy (non-hydrogen) atoms. The van der Waals surface area contributed by atoms with Crippen LogP contribution in [-0.2, 0) is 16.1 Å². The SMILES string of the molecule is CN=C(NCc1cccc(NC(=O)C2CCCO2)c1)NCC(C)C.I. The van der Waals surface area contributed by atoms with Gasteiger partial charge in [-0.15, -0.1) is 24.0 Å². The summed E-state index contributed by atoms with van der Waals surface area (Å²) in [6.45, 7) is 6.49. The van der Waals surface area contributed by atoms with E-state index in [1.54, 1.807) is 7.05 Å². The first-order valence-electron chi connectivity index (χ1n) is 8.54. The number of rotatable bonds is 6. The highest BCUT2D eigenvalue weighted by atomic mass is 127. The maximum atomic E-state index is 12.1. The van der Waals surface area contributed by atoms with E-state index in [1.807, 2.05) is 24.3 Å². The lowest BCUT2D eigenvalue weighted by Crippen LogP contribution is -2.38. The molecule has 0 saturated carbocycles. The molecule has 1 saturated heterocycles. The number of amides is 1. The van der Waals surface area contributed by atoms with Gasteiger partial charge in [-0.2, -0.15) is 0 Å². The summed E-state index contributed by atoms with van der Waals surface area (Å²) in [5, 5.41) is 9.48. The molecule has 2 rings (SSSR count). The number of carbonyl (C=O) groups is 1. The lowest BCUT2D eigenvalue weighted by molar-refractivity contribution is -0.124. The largest absolute Gasteiger partial charge is 0.368 e. The van der Waals surface area contributed by atoms with Gasteiger partial charge in [0.2, 0.25) is 0 Å². The van der Waals surface area contributed by atoms with Crippen molar-refractivity contribution < 1.29 is 9.53 Å². The minimum Gasteiger partial charge on any atom is -0.368 e. The third-order valence-electron chi connectivity index (χ3n) is 3.78. The van der Waals surface area contributed by atoms with Gasteiger partial charge in [0.15, 0.2) is 5.96 Å². The number of aliphatic imine (C=N–C) groups is 1. The van der Waals surface area contributed by atoms with Crippen LogP contribution in [0, 0.1) is 5.92 Å². The Morgan fingerprint density at radius 2 is 2.16 bits per heavy atom. The standard InChI is InChI=1S/C18H28N4O2.HI/c1-13(2)11-20-18(19-3)21-12-14-6-4-7-15(10-14)22-17(23)16-8-5-9-24-16;/h4,6-7,10,13,16H,5,8-9,11-12H2,1-3H3,(H,22,23)(H2,19,20,21);1H. The monoisotopic (exact) mass is 460 g/mol. The number of hydrogen-bond donors (Lipinski definition) is 3. The van der Waals surface area contributed by atoms with E-state index in [0.717, 1.165) is 36.6 Å². The van der Waals surface area contributed by atoms with E-state index in [0.29, 0.717) is 19.1 Å². The Hall–Kier alpha value is -1.35. The maximum absolute atomic E-state index is 12.1. The number of carbonyl (C=O) groups excluding carboxylic acids is 1. The predicted molar refractivity (Wildman–Crippen MR) is 113 cm³/mol. The summed E-state index contributed by atoms with van der Waals surface area (Å²) >= 11 is 0. The second kappa shape index (κ2) is 11.3. The number of anilines is 1. The average molecular weight is 460 g/mol. The third kappa shape index (κ3) is 7.60. The van der Waals surface area contributed by atoms with Crippen molar-refractivity contribution in [3.8, 4) is 0 Å². The normalized spacial score (nSPS) is 17.1. The van der Waals surface area contributed by atoms with Crippen molar-refractivity contribution in [3.63, 3.8) is 0 Å². The number of guanidine groups is 1. The number of ether oxygens (including phenoxy) is 1. The van der Waals surface area contributed by atoms with Crippen LogP contribution in [0.15, 0.2) is 29.3 Å². The van der Waals surface area contributed by atoms with Crippen LogP contribution in [0.1, 0.15) is 32.3 Å². The average Bonchev–Trinajstić information content (AvgIpc) is 3.10. The molecule has 0 radical (unpaired) electrons. The van der Waals surface area contributed by atoms with Gasteiger partial charge in [-0.25, -0.2) is 0 Å². The highest BCUT2D eigenvalue weighted by Crippen LogP contribution is 2.16. The van der Waals surface area contributed by atoms with Crippen molar-refractivity contribution >= 4 is 41.5 Å². The topological polar surface area (TPSA) is 74.8 Å². The van der Waals surface area contributed by atoms with Gasteiger partial charge in [0.05, 0.1) is 0 Å². The van der Waals surface area contributed by atoms with Crippen LogP contribution in [0.5, 0.6) is 0 Å². The lowest BCUT2D eigenvalue weighted by Gasteiger charge is -2.14. The van der Waals surface area contributed by atoms with Gasteiger partial charge < -0.3 is 20.7 Å². The molecule has 1 atom stereocenters. The molecule has 1 aliphatic heterocycles. The van der Waals surface area contributed by atoms with Gasteiger partial charge in [-0.05, 0) is 36.5 Å². The molecule has 3 N–H and O–H groups in total.